The summed E-state index contributed by atoms with van der Waals surface area (Å²) in [6.45, 7) is 6.36. The van der Waals surface area contributed by atoms with Crippen molar-refractivity contribution < 1.29 is 4.74 Å². The Kier molecular flexibility index (Phi) is 3.81. The molecule has 22 heavy (non-hydrogen) atoms. The minimum absolute atomic E-state index is 0.0194. The first kappa shape index (κ1) is 14.4. The first-order valence-corrected chi connectivity index (χ1v) is 9.12. The fourth-order valence-electron chi connectivity index (χ4n) is 3.75. The predicted molar refractivity (Wildman–Crippen MR) is 91.3 cm³/mol. The maximum Gasteiger partial charge on any atom is 0.105 e. The summed E-state index contributed by atoms with van der Waals surface area (Å²) in [6.07, 6.45) is 3.35. The highest BCUT2D eigenvalue weighted by molar-refractivity contribution is 7.10. The van der Waals surface area contributed by atoms with Crippen molar-refractivity contribution in [3.05, 3.63) is 57.3 Å². The Morgan fingerprint density at radius 2 is 1.91 bits per heavy atom. The number of rotatable bonds is 2. The largest absolute Gasteiger partial charge is 0.369 e. The fourth-order valence-corrected chi connectivity index (χ4v) is 4.92. The van der Waals surface area contributed by atoms with E-state index in [0.29, 0.717) is 0 Å². The highest BCUT2D eigenvalue weighted by Gasteiger charge is 2.41. The Bertz CT molecular complexity index is 638. The number of hydrogen-bond acceptors (Lipinski definition) is 3. The Labute approximate surface area is 136 Å². The van der Waals surface area contributed by atoms with Gasteiger partial charge in [0.1, 0.15) is 5.60 Å². The molecule has 116 valence electrons. The molecular weight excluding hydrogens is 290 g/mol. The molecule has 1 fully saturated rings. The summed E-state index contributed by atoms with van der Waals surface area (Å²) in [5.74, 6) is 0. The monoisotopic (exact) mass is 313 g/mol. The third-order valence-electron chi connectivity index (χ3n) is 5.10. The van der Waals surface area contributed by atoms with Gasteiger partial charge in [0.2, 0.25) is 0 Å². The molecule has 0 saturated carbocycles. The van der Waals surface area contributed by atoms with Gasteiger partial charge in [-0.15, -0.1) is 11.3 Å². The van der Waals surface area contributed by atoms with E-state index in [1.165, 1.54) is 21.6 Å². The van der Waals surface area contributed by atoms with Crippen molar-refractivity contribution in [1.82, 2.24) is 4.90 Å². The lowest BCUT2D eigenvalue weighted by Gasteiger charge is -2.43. The smallest absolute Gasteiger partial charge is 0.105 e. The number of benzene rings is 1. The van der Waals surface area contributed by atoms with E-state index in [1.807, 2.05) is 11.3 Å². The van der Waals surface area contributed by atoms with Crippen LogP contribution in [-0.4, -0.2) is 24.6 Å². The molecule has 2 aromatic rings. The van der Waals surface area contributed by atoms with Crippen molar-refractivity contribution in [3.63, 3.8) is 0 Å². The van der Waals surface area contributed by atoms with Crippen LogP contribution in [0, 0.1) is 6.92 Å². The van der Waals surface area contributed by atoms with Crippen LogP contribution >= 0.6 is 11.3 Å². The molecule has 2 aliphatic rings. The molecule has 0 aliphatic carbocycles. The second-order valence-corrected chi connectivity index (χ2v) is 7.55. The van der Waals surface area contributed by atoms with E-state index in [-0.39, 0.29) is 5.60 Å². The number of aryl methyl sites for hydroxylation is 1. The number of likely N-dealkylation sites (tertiary alicyclic amines) is 1. The van der Waals surface area contributed by atoms with Crippen molar-refractivity contribution in [3.8, 4) is 0 Å². The van der Waals surface area contributed by atoms with E-state index in [2.05, 4.69) is 47.5 Å². The highest BCUT2D eigenvalue weighted by Crippen LogP contribution is 2.44. The first-order valence-electron chi connectivity index (χ1n) is 8.24. The van der Waals surface area contributed by atoms with E-state index in [1.54, 1.807) is 0 Å². The molecule has 0 unspecified atom stereocenters. The van der Waals surface area contributed by atoms with E-state index < -0.39 is 0 Å². The van der Waals surface area contributed by atoms with Gasteiger partial charge in [0, 0.05) is 24.5 Å². The van der Waals surface area contributed by atoms with E-state index in [9.17, 15) is 0 Å². The Balaban J connectivity index is 1.44. The molecule has 1 saturated heterocycles. The van der Waals surface area contributed by atoms with Gasteiger partial charge in [0.15, 0.2) is 0 Å². The molecule has 2 aliphatic heterocycles. The predicted octanol–water partition coefficient (Wildman–Crippen LogP) is 4.12. The number of ether oxygens (including phenoxy) is 1. The molecule has 2 nitrogen and oxygen atoms in total. The molecule has 1 aromatic heterocycles. The third-order valence-corrected chi connectivity index (χ3v) is 6.24. The van der Waals surface area contributed by atoms with Crippen LogP contribution in [-0.2, 0) is 23.3 Å². The topological polar surface area (TPSA) is 12.5 Å². The number of fused-ring (bicyclic) bond motifs is 2. The van der Waals surface area contributed by atoms with E-state index in [0.717, 1.165) is 45.5 Å². The molecule has 4 rings (SSSR count). The zero-order chi connectivity index (χ0) is 15.0. The zero-order valence-corrected chi connectivity index (χ0v) is 14.0. The average molecular weight is 313 g/mol. The second kappa shape index (κ2) is 5.80. The summed E-state index contributed by atoms with van der Waals surface area (Å²) >= 11 is 1.89. The molecule has 0 bridgehead atoms. The molecule has 0 radical (unpaired) electrons. The van der Waals surface area contributed by atoms with Crippen LogP contribution in [0.15, 0.2) is 35.7 Å². The standard InChI is InChI=1S/C19H23NOS/c1-15-2-4-16(5-3-15)14-20-10-8-19(9-11-20)18-17(6-12-21-19)7-13-22-18/h2-5,7,13H,6,8-12,14H2,1H3. The van der Waals surface area contributed by atoms with Crippen molar-refractivity contribution in [1.29, 1.82) is 0 Å². The number of thiophene rings is 1. The maximum atomic E-state index is 6.29. The lowest BCUT2D eigenvalue weighted by atomic mass is 9.85. The zero-order valence-electron chi connectivity index (χ0n) is 13.2. The van der Waals surface area contributed by atoms with Gasteiger partial charge in [-0.2, -0.15) is 0 Å². The van der Waals surface area contributed by atoms with Gasteiger partial charge >= 0.3 is 0 Å². The van der Waals surface area contributed by atoms with Crippen LogP contribution in [0.25, 0.3) is 0 Å². The Morgan fingerprint density at radius 1 is 1.14 bits per heavy atom. The van der Waals surface area contributed by atoms with E-state index in [4.69, 9.17) is 4.74 Å². The second-order valence-electron chi connectivity index (χ2n) is 6.63. The van der Waals surface area contributed by atoms with E-state index >= 15 is 0 Å². The van der Waals surface area contributed by atoms with Gasteiger partial charge < -0.3 is 4.74 Å². The van der Waals surface area contributed by atoms with Crippen LogP contribution in [0.3, 0.4) is 0 Å². The van der Waals surface area contributed by atoms with Crippen molar-refractivity contribution in [2.45, 2.75) is 38.3 Å². The molecule has 1 spiro atoms. The Morgan fingerprint density at radius 3 is 2.68 bits per heavy atom. The lowest BCUT2D eigenvalue weighted by Crippen LogP contribution is -2.45. The van der Waals surface area contributed by atoms with Gasteiger partial charge in [0.05, 0.1) is 6.61 Å². The quantitative estimate of drug-likeness (QED) is 0.827. The number of piperidine rings is 1. The van der Waals surface area contributed by atoms with Gasteiger partial charge in [-0.05, 0) is 48.8 Å². The highest BCUT2D eigenvalue weighted by atomic mass is 32.1. The lowest BCUT2D eigenvalue weighted by molar-refractivity contribution is -0.0960. The van der Waals surface area contributed by atoms with Crippen LogP contribution in [0.2, 0.25) is 0 Å². The van der Waals surface area contributed by atoms with Crippen LogP contribution < -0.4 is 0 Å². The Hall–Kier alpha value is -1.16. The summed E-state index contributed by atoms with van der Waals surface area (Å²) in [6, 6.07) is 11.2. The SMILES string of the molecule is Cc1ccc(CN2CCC3(CC2)OCCc2ccsc23)cc1. The molecule has 0 N–H and O–H groups in total. The van der Waals surface area contributed by atoms with Crippen molar-refractivity contribution in [2.75, 3.05) is 19.7 Å². The third kappa shape index (κ3) is 2.62. The molecule has 1 aromatic carbocycles. The summed E-state index contributed by atoms with van der Waals surface area (Å²) < 4.78 is 6.29. The summed E-state index contributed by atoms with van der Waals surface area (Å²) in [5.41, 5.74) is 4.30. The fraction of sp³-hybridized carbons (Fsp3) is 0.474. The molecule has 3 heterocycles. The van der Waals surface area contributed by atoms with Gasteiger partial charge in [-0.1, -0.05) is 29.8 Å². The molecule has 3 heteroatoms. The van der Waals surface area contributed by atoms with Crippen LogP contribution in [0.4, 0.5) is 0 Å². The van der Waals surface area contributed by atoms with Crippen molar-refractivity contribution in [2.24, 2.45) is 0 Å². The van der Waals surface area contributed by atoms with Gasteiger partial charge in [0.25, 0.3) is 0 Å². The van der Waals surface area contributed by atoms with Gasteiger partial charge in [-0.3, -0.25) is 4.90 Å². The van der Waals surface area contributed by atoms with Gasteiger partial charge in [-0.25, -0.2) is 0 Å². The molecular formula is C19H23NOS. The first-order chi connectivity index (χ1) is 10.8. The minimum Gasteiger partial charge on any atom is -0.369 e. The molecule has 0 atom stereocenters. The molecule has 0 amide bonds. The number of hydrogen-bond donors (Lipinski definition) is 0. The summed E-state index contributed by atoms with van der Waals surface area (Å²) in [4.78, 5) is 4.08. The van der Waals surface area contributed by atoms with Crippen LogP contribution in [0.5, 0.6) is 0 Å². The van der Waals surface area contributed by atoms with Crippen LogP contribution in [0.1, 0.15) is 34.4 Å². The van der Waals surface area contributed by atoms with Crippen molar-refractivity contribution >= 4 is 11.3 Å². The summed E-state index contributed by atoms with van der Waals surface area (Å²) in [7, 11) is 0. The summed E-state index contributed by atoms with van der Waals surface area (Å²) in [5, 5.41) is 2.24. The minimum atomic E-state index is 0.0194. The average Bonchev–Trinajstić information content (AvgIpc) is 3.02. The maximum absolute atomic E-state index is 6.29. The normalized spacial score (nSPS) is 21.0. The number of nitrogens with zero attached hydrogens (tertiary/aromatic N) is 1.